The van der Waals surface area contributed by atoms with E-state index in [4.69, 9.17) is 16.0 Å². The number of aromatic nitrogens is 1. The molecule has 1 atom stereocenters. The minimum absolute atomic E-state index is 0.0107. The Morgan fingerprint density at radius 3 is 2.31 bits per heavy atom. The highest BCUT2D eigenvalue weighted by Gasteiger charge is 2.19. The first-order valence-electron chi connectivity index (χ1n) is 11.3. The molecular weight excluding hydrogens is 444 g/mol. The van der Waals surface area contributed by atoms with Gasteiger partial charge in [-0.25, -0.2) is 0 Å². The van der Waals surface area contributed by atoms with Gasteiger partial charge in [-0.05, 0) is 41.7 Å². The number of nitrogens with two attached hydrogens (primary N) is 1. The smallest absolute Gasteiger partial charge is 0.239 e. The zero-order valence-corrected chi connectivity index (χ0v) is 19.4. The van der Waals surface area contributed by atoms with Gasteiger partial charge in [-0.2, -0.15) is 5.48 Å². The van der Waals surface area contributed by atoms with Crippen LogP contribution < -0.4 is 21.8 Å². The molecule has 9 heteroatoms. The predicted molar refractivity (Wildman–Crippen MR) is 133 cm³/mol. The van der Waals surface area contributed by atoms with E-state index in [1.165, 1.54) is 0 Å². The van der Waals surface area contributed by atoms with Gasteiger partial charge in [0.05, 0.1) is 13.2 Å². The van der Waals surface area contributed by atoms with Crippen molar-refractivity contribution in [2.75, 3.05) is 6.54 Å². The molecule has 0 spiro atoms. The number of hydrogen-bond acceptors (Lipinski definition) is 6. The summed E-state index contributed by atoms with van der Waals surface area (Å²) < 4.78 is 0. The predicted octanol–water partition coefficient (Wildman–Crippen LogP) is 1.82. The lowest BCUT2D eigenvalue weighted by molar-refractivity contribution is -0.131. The van der Waals surface area contributed by atoms with Gasteiger partial charge in [0, 0.05) is 24.5 Å². The number of pyridine rings is 1. The summed E-state index contributed by atoms with van der Waals surface area (Å²) in [5, 5.41) is 12.9. The van der Waals surface area contributed by atoms with E-state index in [1.807, 2.05) is 42.5 Å². The number of amides is 2. The van der Waals surface area contributed by atoms with Crippen LogP contribution in [0.1, 0.15) is 28.7 Å². The normalized spacial score (nSPS) is 11.4. The summed E-state index contributed by atoms with van der Waals surface area (Å²) in [5.41, 5.74) is 11.8. The van der Waals surface area contributed by atoms with Crippen molar-refractivity contribution in [1.82, 2.24) is 21.1 Å². The molecule has 0 aliphatic heterocycles. The molecule has 2 aromatic carbocycles. The monoisotopic (exact) mass is 474 g/mol. The van der Waals surface area contributed by atoms with Crippen LogP contribution in [-0.2, 0) is 34.0 Å². The van der Waals surface area contributed by atoms with Crippen molar-refractivity contribution < 1.29 is 14.4 Å². The van der Waals surface area contributed by atoms with Crippen LogP contribution in [0.15, 0.2) is 79.1 Å². The number of nitrogens with zero attached hydrogens (tertiary/aromatic N) is 1. The van der Waals surface area contributed by atoms with E-state index in [9.17, 15) is 9.59 Å². The topological polar surface area (TPSA) is 142 Å². The zero-order valence-electron chi connectivity index (χ0n) is 19.4. The van der Waals surface area contributed by atoms with E-state index >= 15 is 0 Å². The fraction of sp³-hybridized carbons (Fsp3) is 0.231. The van der Waals surface area contributed by atoms with Gasteiger partial charge < -0.3 is 16.4 Å². The van der Waals surface area contributed by atoms with E-state index in [2.05, 4.69) is 21.1 Å². The van der Waals surface area contributed by atoms with Crippen molar-refractivity contribution in [1.29, 1.82) is 5.41 Å². The lowest BCUT2D eigenvalue weighted by Gasteiger charge is -2.18. The second-order valence-corrected chi connectivity index (χ2v) is 7.94. The Kier molecular flexibility index (Phi) is 9.91. The van der Waals surface area contributed by atoms with Gasteiger partial charge in [0.1, 0.15) is 11.9 Å². The Hall–Kier alpha value is -4.08. The lowest BCUT2D eigenvalue weighted by atomic mass is 10.1. The highest BCUT2D eigenvalue weighted by Crippen LogP contribution is 2.07. The summed E-state index contributed by atoms with van der Waals surface area (Å²) in [4.78, 5) is 34.6. The first-order valence-corrected chi connectivity index (χ1v) is 11.3. The fourth-order valence-electron chi connectivity index (χ4n) is 3.26. The summed E-state index contributed by atoms with van der Waals surface area (Å²) in [6.07, 6.45) is 4.52. The van der Waals surface area contributed by atoms with Gasteiger partial charge in [-0.3, -0.25) is 24.8 Å². The van der Waals surface area contributed by atoms with Crippen LogP contribution >= 0.6 is 0 Å². The van der Waals surface area contributed by atoms with Gasteiger partial charge in [0.2, 0.25) is 11.8 Å². The molecule has 9 nitrogen and oxygen atoms in total. The molecule has 2 amide bonds. The summed E-state index contributed by atoms with van der Waals surface area (Å²) in [5.74, 6) is -0.645. The highest BCUT2D eigenvalue weighted by atomic mass is 16.6. The summed E-state index contributed by atoms with van der Waals surface area (Å²) in [6.45, 7) is 0.427. The molecule has 0 aliphatic rings. The number of aryl methyl sites for hydroxylation is 1. The number of hydrogen-bond donors (Lipinski definition) is 5. The molecule has 3 rings (SSSR count). The van der Waals surface area contributed by atoms with Crippen LogP contribution in [0, 0.1) is 5.41 Å². The molecule has 6 N–H and O–H groups in total. The second kappa shape index (κ2) is 13.6. The Morgan fingerprint density at radius 1 is 0.914 bits per heavy atom. The quantitative estimate of drug-likeness (QED) is 0.145. The molecule has 35 heavy (non-hydrogen) atoms. The molecule has 0 unspecified atom stereocenters. The highest BCUT2D eigenvalue weighted by molar-refractivity contribution is 5.94. The van der Waals surface area contributed by atoms with Crippen molar-refractivity contribution in [3.63, 3.8) is 0 Å². The zero-order chi connectivity index (χ0) is 24.9. The summed E-state index contributed by atoms with van der Waals surface area (Å²) in [7, 11) is 0. The van der Waals surface area contributed by atoms with Crippen LogP contribution in [0.2, 0.25) is 0 Å². The minimum atomic E-state index is -0.635. The van der Waals surface area contributed by atoms with Crippen LogP contribution in [0.25, 0.3) is 0 Å². The Morgan fingerprint density at radius 2 is 1.63 bits per heavy atom. The molecule has 3 aromatic rings. The number of carbonyl (C=O) groups excluding carboxylic acids is 2. The third-order valence-corrected chi connectivity index (χ3v) is 5.27. The van der Waals surface area contributed by atoms with E-state index < -0.39 is 6.04 Å². The molecule has 0 radical (unpaired) electrons. The van der Waals surface area contributed by atoms with Gasteiger partial charge >= 0.3 is 0 Å². The largest absolute Gasteiger partial charge is 0.384 e. The van der Waals surface area contributed by atoms with Crippen molar-refractivity contribution in [3.8, 4) is 0 Å². The third-order valence-electron chi connectivity index (χ3n) is 5.27. The van der Waals surface area contributed by atoms with Gasteiger partial charge in [0.25, 0.3) is 0 Å². The first kappa shape index (κ1) is 25.5. The average Bonchev–Trinajstić information content (AvgIpc) is 2.89. The van der Waals surface area contributed by atoms with Crippen molar-refractivity contribution >= 4 is 17.6 Å². The number of benzene rings is 2. The maximum atomic E-state index is 12.8. The number of rotatable bonds is 13. The Labute approximate surface area is 204 Å². The van der Waals surface area contributed by atoms with Crippen LogP contribution in [0.3, 0.4) is 0 Å². The lowest BCUT2D eigenvalue weighted by Crippen LogP contribution is -2.47. The molecule has 0 aliphatic carbocycles. The van der Waals surface area contributed by atoms with E-state index in [0.717, 1.165) is 16.7 Å². The molecule has 1 heterocycles. The molecule has 1 aromatic heterocycles. The second-order valence-electron chi connectivity index (χ2n) is 7.94. The number of amidine groups is 1. The molecule has 0 fully saturated rings. The Balaban J connectivity index is 1.48. The van der Waals surface area contributed by atoms with Crippen molar-refractivity contribution in [3.05, 3.63) is 101 Å². The number of nitrogens with one attached hydrogen (secondary N) is 4. The van der Waals surface area contributed by atoms with Crippen molar-refractivity contribution in [2.45, 2.75) is 32.0 Å². The number of nitrogen functional groups attached to an aromatic ring is 1. The molecule has 0 saturated heterocycles. The van der Waals surface area contributed by atoms with Crippen LogP contribution in [-0.4, -0.2) is 35.2 Å². The third kappa shape index (κ3) is 9.00. The van der Waals surface area contributed by atoms with E-state index in [0.29, 0.717) is 24.9 Å². The maximum absolute atomic E-state index is 12.8. The van der Waals surface area contributed by atoms with Gasteiger partial charge in [-0.15, -0.1) is 0 Å². The molecule has 0 saturated carbocycles. The van der Waals surface area contributed by atoms with Crippen molar-refractivity contribution in [2.24, 2.45) is 5.73 Å². The van der Waals surface area contributed by atoms with E-state index in [-0.39, 0.29) is 30.8 Å². The molecule has 182 valence electrons. The van der Waals surface area contributed by atoms with Crippen LogP contribution in [0.5, 0.6) is 0 Å². The average molecular weight is 475 g/mol. The Bertz CT molecular complexity index is 1090. The number of hydroxylamine groups is 1. The summed E-state index contributed by atoms with van der Waals surface area (Å²) in [6, 6.07) is 19.9. The van der Waals surface area contributed by atoms with Gasteiger partial charge in [0.15, 0.2) is 0 Å². The first-order chi connectivity index (χ1) is 17.0. The molecular formula is C26H30N6O3. The maximum Gasteiger partial charge on any atom is 0.239 e. The van der Waals surface area contributed by atoms with Gasteiger partial charge in [-0.1, -0.05) is 54.6 Å². The van der Waals surface area contributed by atoms with E-state index in [1.54, 1.807) is 36.7 Å². The fourth-order valence-corrected chi connectivity index (χ4v) is 3.26. The molecule has 0 bridgehead atoms. The number of carbonyl (C=O) groups is 2. The minimum Gasteiger partial charge on any atom is -0.384 e. The SMILES string of the molecule is N=C(N)c1ccc(CNC(=O)CNC(=O)[C@@H](CCc2ccccc2)NOCc2ccncc2)cc1. The summed E-state index contributed by atoms with van der Waals surface area (Å²) >= 11 is 0. The standard InChI is InChI=1S/C26H30N6O3/c27-25(28)22-9-6-20(7-10-22)16-30-24(33)17-31-26(34)23(11-8-19-4-2-1-3-5-19)32-35-18-21-12-14-29-15-13-21/h1-7,9-10,12-15,23,32H,8,11,16-18H2,(H3,27,28)(H,30,33)(H,31,34)/t23-/m1/s1. The van der Waals surface area contributed by atoms with Crippen LogP contribution in [0.4, 0.5) is 0 Å².